The number of hydrogen-bond donors (Lipinski definition) is 2. The van der Waals surface area contributed by atoms with Crippen LogP contribution < -0.4 is 14.9 Å². The van der Waals surface area contributed by atoms with E-state index in [4.69, 9.17) is 0 Å². The summed E-state index contributed by atoms with van der Waals surface area (Å²) in [7, 11) is -3.85. The average Bonchev–Trinajstić information content (AvgIpc) is 3.30. The largest absolute Gasteiger partial charge is 0.352 e. The highest BCUT2D eigenvalue weighted by atomic mass is 32.2. The molecule has 3 heterocycles. The van der Waals surface area contributed by atoms with E-state index in [1.165, 1.54) is 0 Å². The van der Waals surface area contributed by atoms with Crippen molar-refractivity contribution in [1.82, 2.24) is 15.2 Å². The number of carbonyl (C=O) groups is 1. The van der Waals surface area contributed by atoms with Gasteiger partial charge in [0.15, 0.2) is 5.82 Å². The molecule has 0 aliphatic carbocycles. The van der Waals surface area contributed by atoms with E-state index in [2.05, 4.69) is 15.0 Å². The quantitative estimate of drug-likeness (QED) is 0.735. The number of carbonyl (C=O) groups excluding carboxylic acids is 1. The number of benzene rings is 1. The Morgan fingerprint density at radius 3 is 2.48 bits per heavy atom. The van der Waals surface area contributed by atoms with E-state index in [0.717, 1.165) is 44.6 Å². The van der Waals surface area contributed by atoms with Crippen molar-refractivity contribution >= 4 is 27.4 Å². The van der Waals surface area contributed by atoms with Crippen molar-refractivity contribution in [2.24, 2.45) is 0 Å². The number of pyridine rings is 1. The summed E-state index contributed by atoms with van der Waals surface area (Å²) in [5.41, 5.74) is 2.27. The summed E-state index contributed by atoms with van der Waals surface area (Å²) in [6, 6.07) is 6.98. The Kier molecular flexibility index (Phi) is 6.15. The van der Waals surface area contributed by atoms with Gasteiger partial charge in [0, 0.05) is 45.5 Å². The number of aryl methyl sites for hydroxylation is 2. The van der Waals surface area contributed by atoms with Crippen LogP contribution in [0.5, 0.6) is 0 Å². The van der Waals surface area contributed by atoms with Gasteiger partial charge in [0.05, 0.1) is 16.1 Å². The third kappa shape index (κ3) is 4.67. The lowest BCUT2D eigenvalue weighted by atomic mass is 10.2. The third-order valence-corrected chi connectivity index (χ3v) is 7.31. The molecule has 0 atom stereocenters. The van der Waals surface area contributed by atoms with Crippen LogP contribution in [0.15, 0.2) is 35.4 Å². The van der Waals surface area contributed by atoms with Gasteiger partial charge in [0.1, 0.15) is 0 Å². The number of piperazine rings is 1. The smallest absolute Gasteiger partial charge is 0.262 e. The van der Waals surface area contributed by atoms with Gasteiger partial charge in [-0.3, -0.25) is 9.52 Å². The van der Waals surface area contributed by atoms with Crippen LogP contribution in [0.3, 0.4) is 0 Å². The molecule has 2 aliphatic heterocycles. The lowest BCUT2D eigenvalue weighted by Gasteiger charge is -2.30. The molecule has 1 amide bonds. The number of likely N-dealkylation sites (tertiary alicyclic amines) is 1. The number of amides is 1. The van der Waals surface area contributed by atoms with Gasteiger partial charge in [-0.15, -0.1) is 0 Å². The minimum Gasteiger partial charge on any atom is -0.352 e. The van der Waals surface area contributed by atoms with Crippen molar-refractivity contribution in [2.75, 3.05) is 48.9 Å². The first-order valence-corrected chi connectivity index (χ1v) is 12.2. The lowest BCUT2D eigenvalue weighted by Crippen LogP contribution is -2.44. The summed E-state index contributed by atoms with van der Waals surface area (Å²) in [5, 5.41) is 3.29. The van der Waals surface area contributed by atoms with E-state index in [0.29, 0.717) is 35.7 Å². The van der Waals surface area contributed by atoms with Crippen molar-refractivity contribution in [2.45, 2.75) is 31.6 Å². The second-order valence-corrected chi connectivity index (χ2v) is 9.86. The predicted molar refractivity (Wildman–Crippen MR) is 121 cm³/mol. The van der Waals surface area contributed by atoms with Crippen LogP contribution >= 0.6 is 0 Å². The molecule has 0 saturated carbocycles. The average molecular weight is 444 g/mol. The normalized spacial score (nSPS) is 17.1. The van der Waals surface area contributed by atoms with Gasteiger partial charge in [-0.2, -0.15) is 0 Å². The molecule has 0 unspecified atom stereocenters. The fourth-order valence-electron chi connectivity index (χ4n) is 4.08. The van der Waals surface area contributed by atoms with Crippen LogP contribution in [0, 0.1) is 13.8 Å². The van der Waals surface area contributed by atoms with Gasteiger partial charge in [0.25, 0.3) is 15.9 Å². The minimum absolute atomic E-state index is 0.107. The highest BCUT2D eigenvalue weighted by Gasteiger charge is 2.25. The zero-order valence-electron chi connectivity index (χ0n) is 18.0. The molecule has 2 aromatic rings. The Morgan fingerprint density at radius 1 is 1.06 bits per heavy atom. The van der Waals surface area contributed by atoms with Gasteiger partial charge < -0.3 is 15.1 Å². The van der Waals surface area contributed by atoms with Crippen molar-refractivity contribution in [3.63, 3.8) is 0 Å². The standard InChI is InChI=1S/C22H29N5O3S/c1-16-5-6-17(2)20(13-16)31(29,30)25-19-14-18(22(28)27-9-3-4-10-27)15-24-21(19)26-11-7-23-8-12-26/h5-6,13-15,23,25H,3-4,7-12H2,1-2H3. The van der Waals surface area contributed by atoms with Gasteiger partial charge in [-0.05, 0) is 49.9 Å². The van der Waals surface area contributed by atoms with Crippen molar-refractivity contribution < 1.29 is 13.2 Å². The Labute approximate surface area is 183 Å². The molecule has 9 heteroatoms. The molecular weight excluding hydrogens is 414 g/mol. The van der Waals surface area contributed by atoms with E-state index < -0.39 is 10.0 Å². The van der Waals surface area contributed by atoms with Gasteiger partial charge in [-0.25, -0.2) is 13.4 Å². The van der Waals surface area contributed by atoms with Crippen molar-refractivity contribution in [3.05, 3.63) is 47.2 Å². The molecule has 31 heavy (non-hydrogen) atoms. The molecule has 166 valence electrons. The number of aromatic nitrogens is 1. The Balaban J connectivity index is 1.72. The second-order valence-electron chi connectivity index (χ2n) is 8.21. The number of sulfonamides is 1. The molecule has 1 aromatic heterocycles. The summed E-state index contributed by atoms with van der Waals surface area (Å²) < 4.78 is 29.3. The van der Waals surface area contributed by atoms with Crippen molar-refractivity contribution in [3.8, 4) is 0 Å². The first kappa shape index (κ1) is 21.6. The predicted octanol–water partition coefficient (Wildman–Crippen LogP) is 2.14. The van der Waals surface area contributed by atoms with Crippen LogP contribution in [0.25, 0.3) is 0 Å². The van der Waals surface area contributed by atoms with E-state index in [1.807, 2.05) is 17.9 Å². The molecular formula is C22H29N5O3S. The van der Waals surface area contributed by atoms with Gasteiger partial charge >= 0.3 is 0 Å². The molecule has 2 aliphatic rings. The maximum atomic E-state index is 13.3. The Bertz CT molecular complexity index is 1070. The molecule has 1 aromatic carbocycles. The highest BCUT2D eigenvalue weighted by molar-refractivity contribution is 7.92. The Morgan fingerprint density at radius 2 is 1.77 bits per heavy atom. The number of rotatable bonds is 5. The summed E-state index contributed by atoms with van der Waals surface area (Å²) in [6.45, 7) is 8.09. The molecule has 0 spiro atoms. The third-order valence-electron chi connectivity index (χ3n) is 5.80. The summed E-state index contributed by atoms with van der Waals surface area (Å²) in [4.78, 5) is 21.5. The molecule has 0 radical (unpaired) electrons. The van der Waals surface area contributed by atoms with Crippen LogP contribution in [0.4, 0.5) is 11.5 Å². The van der Waals surface area contributed by atoms with Crippen LogP contribution in [0.2, 0.25) is 0 Å². The van der Waals surface area contributed by atoms with E-state index in [9.17, 15) is 13.2 Å². The zero-order valence-corrected chi connectivity index (χ0v) is 18.8. The summed E-state index contributed by atoms with van der Waals surface area (Å²) in [5.74, 6) is 0.442. The van der Waals surface area contributed by atoms with Gasteiger partial charge in [0.2, 0.25) is 0 Å². The first-order chi connectivity index (χ1) is 14.8. The molecule has 2 N–H and O–H groups in total. The molecule has 4 rings (SSSR count). The Hall–Kier alpha value is -2.65. The molecule has 8 nitrogen and oxygen atoms in total. The molecule has 0 bridgehead atoms. The second kappa shape index (κ2) is 8.84. The highest BCUT2D eigenvalue weighted by Crippen LogP contribution is 2.29. The van der Waals surface area contributed by atoms with Crippen LogP contribution in [-0.2, 0) is 10.0 Å². The lowest BCUT2D eigenvalue weighted by molar-refractivity contribution is 0.0792. The summed E-state index contributed by atoms with van der Waals surface area (Å²) in [6.07, 6.45) is 3.54. The number of hydrogen-bond acceptors (Lipinski definition) is 6. The van der Waals surface area contributed by atoms with Gasteiger partial charge in [-0.1, -0.05) is 12.1 Å². The fourth-order valence-corrected chi connectivity index (χ4v) is 5.46. The van der Waals surface area contributed by atoms with E-state index >= 15 is 0 Å². The zero-order chi connectivity index (χ0) is 22.0. The maximum Gasteiger partial charge on any atom is 0.262 e. The SMILES string of the molecule is Cc1ccc(C)c(S(=O)(=O)Nc2cc(C(=O)N3CCCC3)cnc2N2CCNCC2)c1. The first-order valence-electron chi connectivity index (χ1n) is 10.7. The topological polar surface area (TPSA) is 94.6 Å². The van der Waals surface area contributed by atoms with Crippen LogP contribution in [-0.4, -0.2) is 63.5 Å². The molecule has 2 saturated heterocycles. The minimum atomic E-state index is -3.85. The number of anilines is 2. The van der Waals surface area contributed by atoms with E-state index in [-0.39, 0.29) is 10.8 Å². The summed E-state index contributed by atoms with van der Waals surface area (Å²) >= 11 is 0. The fraction of sp³-hybridized carbons (Fsp3) is 0.455. The molecule has 2 fully saturated rings. The monoisotopic (exact) mass is 443 g/mol. The van der Waals surface area contributed by atoms with Crippen LogP contribution in [0.1, 0.15) is 34.3 Å². The van der Waals surface area contributed by atoms with Crippen molar-refractivity contribution in [1.29, 1.82) is 0 Å². The number of nitrogens with zero attached hydrogens (tertiary/aromatic N) is 3. The maximum absolute atomic E-state index is 13.3. The van der Waals surface area contributed by atoms with E-state index in [1.54, 1.807) is 36.2 Å². The number of nitrogens with one attached hydrogen (secondary N) is 2.